The van der Waals surface area contributed by atoms with Crippen molar-refractivity contribution in [1.82, 2.24) is 19.7 Å². The number of nitrogens with one attached hydrogen (secondary N) is 1. The van der Waals surface area contributed by atoms with Crippen LogP contribution in [0, 0.1) is 0 Å². The lowest BCUT2D eigenvalue weighted by Gasteiger charge is -2.00. The Bertz CT molecular complexity index is 600. The number of rotatable bonds is 3. The summed E-state index contributed by atoms with van der Waals surface area (Å²) in [6.07, 6.45) is 1.58. The second kappa shape index (κ2) is 4.54. The third kappa shape index (κ3) is 2.44. The molecule has 0 spiro atoms. The van der Waals surface area contributed by atoms with Gasteiger partial charge in [0.1, 0.15) is 5.69 Å². The number of hydrogen-bond acceptors (Lipinski definition) is 5. The zero-order valence-electron chi connectivity index (χ0n) is 9.30. The third-order valence-corrected chi connectivity index (χ3v) is 3.17. The molecule has 0 radical (unpaired) electrons. The molecule has 88 valence electrons. The van der Waals surface area contributed by atoms with Gasteiger partial charge in [-0.2, -0.15) is 0 Å². The van der Waals surface area contributed by atoms with Gasteiger partial charge in [-0.15, -0.1) is 5.10 Å². The highest BCUT2D eigenvalue weighted by Crippen LogP contribution is 2.23. The third-order valence-electron chi connectivity index (χ3n) is 2.14. The minimum atomic E-state index is -0.263. The summed E-state index contributed by atoms with van der Waals surface area (Å²) >= 11 is 1.30. The van der Waals surface area contributed by atoms with Gasteiger partial charge in [0.05, 0.1) is 0 Å². The van der Waals surface area contributed by atoms with Crippen LogP contribution >= 0.6 is 11.8 Å². The van der Waals surface area contributed by atoms with Gasteiger partial charge < -0.3 is 0 Å². The van der Waals surface area contributed by atoms with Crippen molar-refractivity contribution in [2.45, 2.75) is 17.0 Å². The average molecular weight is 250 g/mol. The van der Waals surface area contributed by atoms with Gasteiger partial charge >= 0.3 is 5.69 Å². The van der Waals surface area contributed by atoms with Gasteiger partial charge in [-0.3, -0.25) is 14.3 Å². The standard InChI is InChI=1S/C10H10N4O2S/c1-6(15)8-4-3-7(5-11-8)17-10-13-12-9(16)14(10)2/h3-5H,1-2H3,(H,12,16). The van der Waals surface area contributed by atoms with E-state index in [0.29, 0.717) is 10.9 Å². The molecule has 0 saturated carbocycles. The molecule has 0 unspecified atom stereocenters. The fourth-order valence-electron chi connectivity index (χ4n) is 1.18. The van der Waals surface area contributed by atoms with Gasteiger partial charge in [-0.25, -0.2) is 9.89 Å². The number of hydrogen-bond donors (Lipinski definition) is 1. The molecule has 0 bridgehead atoms. The van der Waals surface area contributed by atoms with Crippen LogP contribution in [0.5, 0.6) is 0 Å². The zero-order valence-corrected chi connectivity index (χ0v) is 10.1. The van der Waals surface area contributed by atoms with Gasteiger partial charge in [0.15, 0.2) is 10.9 Å². The second-order valence-corrected chi connectivity index (χ2v) is 4.45. The molecular weight excluding hydrogens is 240 g/mol. The number of aromatic amines is 1. The number of carbonyl (C=O) groups is 1. The Kier molecular flexibility index (Phi) is 3.10. The number of nitrogens with zero attached hydrogens (tertiary/aromatic N) is 3. The van der Waals surface area contributed by atoms with Crippen molar-refractivity contribution in [3.63, 3.8) is 0 Å². The van der Waals surface area contributed by atoms with Crippen molar-refractivity contribution < 1.29 is 4.79 Å². The van der Waals surface area contributed by atoms with Crippen molar-refractivity contribution in [3.05, 3.63) is 34.5 Å². The van der Waals surface area contributed by atoms with Crippen LogP contribution in [-0.4, -0.2) is 25.5 Å². The van der Waals surface area contributed by atoms with Crippen LogP contribution in [0.3, 0.4) is 0 Å². The Morgan fingerprint density at radius 2 is 2.24 bits per heavy atom. The summed E-state index contributed by atoms with van der Waals surface area (Å²) < 4.78 is 1.41. The first kappa shape index (κ1) is 11.6. The highest BCUT2D eigenvalue weighted by atomic mass is 32.2. The molecule has 0 amide bonds. The first-order valence-electron chi connectivity index (χ1n) is 4.84. The normalized spacial score (nSPS) is 10.5. The Labute approximate surface area is 101 Å². The van der Waals surface area contributed by atoms with Gasteiger partial charge in [-0.05, 0) is 23.9 Å². The molecule has 0 atom stereocenters. The van der Waals surface area contributed by atoms with E-state index in [4.69, 9.17) is 0 Å². The molecule has 17 heavy (non-hydrogen) atoms. The van der Waals surface area contributed by atoms with Gasteiger partial charge in [0, 0.05) is 25.1 Å². The summed E-state index contributed by atoms with van der Waals surface area (Å²) in [5, 5.41) is 6.76. The summed E-state index contributed by atoms with van der Waals surface area (Å²) in [5.74, 6) is -0.0753. The van der Waals surface area contributed by atoms with Crippen LogP contribution in [0.1, 0.15) is 17.4 Å². The Morgan fingerprint density at radius 3 is 2.71 bits per heavy atom. The molecule has 2 heterocycles. The molecular formula is C10H10N4O2S. The van der Waals surface area contributed by atoms with Crippen LogP contribution in [0.2, 0.25) is 0 Å². The Hall–Kier alpha value is -1.89. The largest absolute Gasteiger partial charge is 0.343 e. The Balaban J connectivity index is 2.22. The number of H-pyrrole nitrogens is 1. The van der Waals surface area contributed by atoms with Crippen molar-refractivity contribution in [1.29, 1.82) is 0 Å². The maximum atomic E-state index is 11.1. The number of ketones is 1. The van der Waals surface area contributed by atoms with E-state index >= 15 is 0 Å². The summed E-state index contributed by atoms with van der Waals surface area (Å²) in [4.78, 5) is 27.0. The SMILES string of the molecule is CC(=O)c1ccc(Sc2n[nH]c(=O)n2C)cn1. The maximum Gasteiger partial charge on any atom is 0.343 e. The van der Waals surface area contributed by atoms with E-state index in [9.17, 15) is 9.59 Å². The lowest BCUT2D eigenvalue weighted by molar-refractivity contribution is 0.101. The van der Waals surface area contributed by atoms with E-state index in [1.807, 2.05) is 0 Å². The van der Waals surface area contributed by atoms with Gasteiger partial charge in [0.25, 0.3) is 0 Å². The number of carbonyl (C=O) groups excluding carboxylic acids is 1. The first-order chi connectivity index (χ1) is 8.08. The zero-order chi connectivity index (χ0) is 12.4. The molecule has 0 aliphatic rings. The van der Waals surface area contributed by atoms with Gasteiger partial charge in [0.2, 0.25) is 0 Å². The minimum absolute atomic E-state index is 0.0753. The fourth-order valence-corrected chi connectivity index (χ4v) is 1.94. The quantitative estimate of drug-likeness (QED) is 0.817. The summed E-state index contributed by atoms with van der Waals surface area (Å²) in [6, 6.07) is 3.42. The van der Waals surface area contributed by atoms with E-state index in [1.54, 1.807) is 25.4 Å². The maximum absolute atomic E-state index is 11.1. The van der Waals surface area contributed by atoms with E-state index in [0.717, 1.165) is 4.90 Å². The van der Waals surface area contributed by atoms with E-state index in [-0.39, 0.29) is 11.5 Å². The van der Waals surface area contributed by atoms with Crippen molar-refractivity contribution in [2.75, 3.05) is 0 Å². The minimum Gasteiger partial charge on any atom is -0.293 e. The molecule has 0 fully saturated rings. The highest BCUT2D eigenvalue weighted by molar-refractivity contribution is 7.99. The number of Topliss-reactive ketones (excluding diaryl/α,β-unsaturated/α-hetero) is 1. The average Bonchev–Trinajstić information content (AvgIpc) is 2.62. The smallest absolute Gasteiger partial charge is 0.293 e. The molecule has 0 aromatic carbocycles. The molecule has 2 aromatic heterocycles. The van der Waals surface area contributed by atoms with Gasteiger partial charge in [-0.1, -0.05) is 0 Å². The molecule has 7 heteroatoms. The highest BCUT2D eigenvalue weighted by Gasteiger charge is 2.07. The monoisotopic (exact) mass is 250 g/mol. The molecule has 2 aromatic rings. The Morgan fingerprint density at radius 1 is 1.47 bits per heavy atom. The fraction of sp³-hybridized carbons (Fsp3) is 0.200. The predicted molar refractivity (Wildman–Crippen MR) is 62.2 cm³/mol. The van der Waals surface area contributed by atoms with E-state index in [2.05, 4.69) is 15.2 Å². The van der Waals surface area contributed by atoms with Crippen LogP contribution in [0.25, 0.3) is 0 Å². The molecule has 6 nitrogen and oxygen atoms in total. The lowest BCUT2D eigenvalue weighted by Crippen LogP contribution is -2.12. The molecule has 1 N–H and O–H groups in total. The van der Waals surface area contributed by atoms with Crippen LogP contribution in [0.4, 0.5) is 0 Å². The molecule has 0 aliphatic heterocycles. The van der Waals surface area contributed by atoms with Crippen molar-refractivity contribution >= 4 is 17.5 Å². The van der Waals surface area contributed by atoms with E-state index < -0.39 is 0 Å². The predicted octanol–water partition coefficient (Wildman–Crippen LogP) is 0.857. The van der Waals surface area contributed by atoms with Crippen LogP contribution < -0.4 is 5.69 Å². The van der Waals surface area contributed by atoms with E-state index in [1.165, 1.54) is 23.3 Å². The lowest BCUT2D eigenvalue weighted by atomic mass is 10.3. The summed E-state index contributed by atoms with van der Waals surface area (Å²) in [6.45, 7) is 1.46. The molecule has 2 rings (SSSR count). The van der Waals surface area contributed by atoms with Crippen molar-refractivity contribution in [2.24, 2.45) is 7.05 Å². The summed E-state index contributed by atoms with van der Waals surface area (Å²) in [5.41, 5.74) is 0.158. The number of aromatic nitrogens is 4. The molecule has 0 aliphatic carbocycles. The number of pyridine rings is 1. The summed E-state index contributed by atoms with van der Waals surface area (Å²) in [7, 11) is 1.63. The second-order valence-electron chi connectivity index (χ2n) is 3.41. The first-order valence-corrected chi connectivity index (χ1v) is 5.66. The van der Waals surface area contributed by atoms with Crippen molar-refractivity contribution in [3.8, 4) is 0 Å². The topological polar surface area (TPSA) is 80.6 Å². The van der Waals surface area contributed by atoms with Crippen LogP contribution in [-0.2, 0) is 7.05 Å². The molecule has 0 saturated heterocycles. The van der Waals surface area contributed by atoms with Crippen LogP contribution in [0.15, 0.2) is 33.2 Å².